The molecule has 4 rings (SSSR count). The average Bonchev–Trinajstić information content (AvgIpc) is 3.19. The van der Waals surface area contributed by atoms with E-state index in [1.807, 2.05) is 6.92 Å². The first-order valence-corrected chi connectivity index (χ1v) is 13.7. The number of halogens is 3. The van der Waals surface area contributed by atoms with Crippen molar-refractivity contribution in [2.45, 2.75) is 20.5 Å². The molecule has 1 aliphatic heterocycles. The lowest BCUT2D eigenvalue weighted by Crippen LogP contribution is -2.14. The van der Waals surface area contributed by atoms with Gasteiger partial charge in [0.15, 0.2) is 0 Å². The second-order valence-electron chi connectivity index (χ2n) is 8.36. The summed E-state index contributed by atoms with van der Waals surface area (Å²) < 4.78 is 10.9. The molecule has 0 unspecified atom stereocenters. The highest BCUT2D eigenvalue weighted by atomic mass is 35.5. The molecule has 1 aliphatic rings. The highest BCUT2D eigenvalue weighted by Gasteiger charge is 2.34. The zero-order chi connectivity index (χ0) is 28.1. The molecule has 0 bridgehead atoms. The first-order chi connectivity index (χ1) is 18.7. The maximum atomic E-state index is 12.8. The van der Waals surface area contributed by atoms with Gasteiger partial charge in [-0.2, -0.15) is 0 Å². The minimum absolute atomic E-state index is 0.0497. The Labute approximate surface area is 244 Å². The van der Waals surface area contributed by atoms with Crippen molar-refractivity contribution in [3.05, 3.63) is 114 Å². The van der Waals surface area contributed by atoms with Crippen LogP contribution >= 0.6 is 46.6 Å². The van der Waals surface area contributed by atoms with Crippen molar-refractivity contribution in [2.24, 2.45) is 4.99 Å². The molecule has 0 aliphatic carbocycles. The van der Waals surface area contributed by atoms with Gasteiger partial charge in [0.25, 0.3) is 5.91 Å². The minimum atomic E-state index is -0.774. The predicted octanol–water partition coefficient (Wildman–Crippen LogP) is 8.24. The normalized spacial score (nSPS) is 15.2. The van der Waals surface area contributed by atoms with Crippen molar-refractivity contribution < 1.29 is 24.2 Å². The Morgan fingerprint density at radius 3 is 2.41 bits per heavy atom. The highest BCUT2D eigenvalue weighted by Crippen LogP contribution is 2.40. The molecule has 0 radical (unpaired) electrons. The molecule has 0 fully saturated rings. The molecule has 3 aromatic rings. The third-order valence-electron chi connectivity index (χ3n) is 5.52. The first-order valence-electron chi connectivity index (χ1n) is 11.7. The Morgan fingerprint density at radius 2 is 1.74 bits per heavy atom. The topological polar surface area (TPSA) is 85.2 Å². The molecule has 0 aromatic heterocycles. The van der Waals surface area contributed by atoms with Gasteiger partial charge in [-0.3, -0.25) is 4.79 Å². The lowest BCUT2D eigenvalue weighted by Gasteiger charge is -2.10. The molecule has 3 aromatic carbocycles. The molecule has 0 atom stereocenters. The quantitative estimate of drug-likeness (QED) is 0.274. The van der Waals surface area contributed by atoms with Crippen LogP contribution in [0.25, 0.3) is 6.08 Å². The van der Waals surface area contributed by atoms with E-state index in [0.29, 0.717) is 36.8 Å². The van der Waals surface area contributed by atoms with Gasteiger partial charge in [0.2, 0.25) is 0 Å². The van der Waals surface area contributed by atoms with Crippen LogP contribution in [0.5, 0.6) is 5.75 Å². The van der Waals surface area contributed by atoms with Gasteiger partial charge in [-0.25, -0.2) is 9.79 Å². The summed E-state index contributed by atoms with van der Waals surface area (Å²) in [4.78, 5) is 29.8. The number of nitrogens with zero attached hydrogens (tertiary/aromatic N) is 1. The van der Waals surface area contributed by atoms with Crippen molar-refractivity contribution >= 4 is 69.6 Å². The molecular formula is C29H22Cl3NO5S. The molecular weight excluding hydrogens is 581 g/mol. The predicted molar refractivity (Wildman–Crippen MR) is 157 cm³/mol. The number of carbonyl (C=O) groups excluding carboxylic acids is 2. The van der Waals surface area contributed by atoms with Gasteiger partial charge in [-0.05, 0) is 61.9 Å². The molecule has 6 nitrogen and oxygen atoms in total. The number of benzene rings is 3. The first kappa shape index (κ1) is 28.8. The summed E-state index contributed by atoms with van der Waals surface area (Å²) in [7, 11) is 0. The van der Waals surface area contributed by atoms with Crippen LogP contribution in [0.15, 0.2) is 81.9 Å². The number of thioether (sulfide) groups is 1. The van der Waals surface area contributed by atoms with Gasteiger partial charge >= 0.3 is 5.97 Å². The number of aliphatic hydroxyl groups excluding tert-OH is 1. The van der Waals surface area contributed by atoms with E-state index in [4.69, 9.17) is 44.3 Å². The summed E-state index contributed by atoms with van der Waals surface area (Å²) in [5.41, 5.74) is 2.56. The van der Waals surface area contributed by atoms with Crippen LogP contribution in [0.1, 0.15) is 34.0 Å². The minimum Gasteiger partial charge on any atom is -0.506 e. The maximum absolute atomic E-state index is 12.8. The van der Waals surface area contributed by atoms with Crippen molar-refractivity contribution in [3.63, 3.8) is 0 Å². The number of hydrogen-bond donors (Lipinski definition) is 1. The van der Waals surface area contributed by atoms with Crippen LogP contribution in [0.2, 0.25) is 15.1 Å². The molecule has 1 amide bonds. The molecule has 1 heterocycles. The Balaban J connectivity index is 1.58. The number of aliphatic imine (C=N–C) groups is 1. The fraction of sp³-hybridized carbons (Fsp3) is 0.138. The van der Waals surface area contributed by atoms with Gasteiger partial charge in [-0.1, -0.05) is 76.4 Å². The van der Waals surface area contributed by atoms with Crippen LogP contribution in [0.4, 0.5) is 0 Å². The zero-order valence-electron chi connectivity index (χ0n) is 20.8. The molecule has 10 heteroatoms. The summed E-state index contributed by atoms with van der Waals surface area (Å²) in [6.45, 7) is 3.84. The SMILES string of the molecule is CCOC(=O)C1=C(O)/C(=C/c2ccc(OCc3ccc(Cl)cc3Cl)c(Cl)c2)SC1=NC(=O)c1ccc(C)cc1. The second-order valence-corrected chi connectivity index (χ2v) is 10.6. The van der Waals surface area contributed by atoms with Crippen LogP contribution in [-0.4, -0.2) is 28.6 Å². The number of aryl methyl sites for hydroxylation is 1. The molecule has 0 saturated carbocycles. The van der Waals surface area contributed by atoms with Crippen molar-refractivity contribution in [1.29, 1.82) is 0 Å². The van der Waals surface area contributed by atoms with Crippen molar-refractivity contribution in [3.8, 4) is 5.75 Å². The standard InChI is InChI=1S/C29H22Cl3NO5S/c1-3-37-29(36)25-26(34)24(39-28(25)33-27(35)18-7-4-16(2)5-8-18)13-17-6-11-23(22(32)12-17)38-15-19-9-10-20(30)14-21(19)31/h4-14,34H,3,15H2,1-2H3/b24-13-,33-28?. The van der Waals surface area contributed by atoms with E-state index in [9.17, 15) is 14.7 Å². The van der Waals surface area contributed by atoms with E-state index in [2.05, 4.69) is 4.99 Å². The van der Waals surface area contributed by atoms with Crippen LogP contribution in [0, 0.1) is 6.92 Å². The summed E-state index contributed by atoms with van der Waals surface area (Å²) in [6.07, 6.45) is 1.63. The van der Waals surface area contributed by atoms with Gasteiger partial charge in [-0.15, -0.1) is 0 Å². The summed E-state index contributed by atoms with van der Waals surface area (Å²) in [5.74, 6) is -1.22. The van der Waals surface area contributed by atoms with Crippen LogP contribution in [0.3, 0.4) is 0 Å². The summed E-state index contributed by atoms with van der Waals surface area (Å²) in [5, 5.41) is 12.3. The number of aliphatic hydroxyl groups is 1. The monoisotopic (exact) mass is 601 g/mol. The number of rotatable bonds is 7. The molecule has 1 N–H and O–H groups in total. The van der Waals surface area contributed by atoms with Crippen molar-refractivity contribution in [2.75, 3.05) is 6.61 Å². The lowest BCUT2D eigenvalue weighted by molar-refractivity contribution is -0.138. The van der Waals surface area contributed by atoms with Crippen LogP contribution < -0.4 is 4.74 Å². The van der Waals surface area contributed by atoms with Gasteiger partial charge in [0, 0.05) is 21.2 Å². The van der Waals surface area contributed by atoms with Gasteiger partial charge in [0.1, 0.15) is 28.7 Å². The Morgan fingerprint density at radius 1 is 1.00 bits per heavy atom. The lowest BCUT2D eigenvalue weighted by atomic mass is 10.1. The maximum Gasteiger partial charge on any atom is 0.344 e. The van der Waals surface area contributed by atoms with Gasteiger partial charge in [0.05, 0.1) is 16.5 Å². The third kappa shape index (κ3) is 7.05. The van der Waals surface area contributed by atoms with Crippen LogP contribution in [-0.2, 0) is 16.1 Å². The Kier molecular flexibility index (Phi) is 9.40. The Bertz CT molecular complexity index is 1530. The third-order valence-corrected chi connectivity index (χ3v) is 7.43. The second kappa shape index (κ2) is 12.7. The fourth-order valence-electron chi connectivity index (χ4n) is 3.51. The number of esters is 1. The fourth-order valence-corrected chi connectivity index (χ4v) is 5.23. The van der Waals surface area contributed by atoms with Crippen molar-refractivity contribution in [1.82, 2.24) is 0 Å². The molecule has 200 valence electrons. The average molecular weight is 603 g/mol. The van der Waals surface area contributed by atoms with E-state index in [0.717, 1.165) is 22.9 Å². The molecule has 0 spiro atoms. The number of hydrogen-bond acceptors (Lipinski definition) is 6. The zero-order valence-corrected chi connectivity index (χ0v) is 23.9. The van der Waals surface area contributed by atoms with E-state index in [-0.39, 0.29) is 29.6 Å². The number of carbonyl (C=O) groups is 2. The number of ether oxygens (including phenoxy) is 2. The largest absolute Gasteiger partial charge is 0.506 e. The summed E-state index contributed by atoms with van der Waals surface area (Å²) >= 11 is 19.6. The van der Waals surface area contributed by atoms with E-state index in [1.165, 1.54) is 0 Å². The molecule has 0 saturated heterocycles. The smallest absolute Gasteiger partial charge is 0.344 e. The molecule has 39 heavy (non-hydrogen) atoms. The van der Waals surface area contributed by atoms with E-state index < -0.39 is 11.9 Å². The number of amides is 1. The van der Waals surface area contributed by atoms with E-state index >= 15 is 0 Å². The Hall–Kier alpha value is -3.23. The van der Waals surface area contributed by atoms with E-state index in [1.54, 1.807) is 73.7 Å². The highest BCUT2D eigenvalue weighted by molar-refractivity contribution is 8.18. The van der Waals surface area contributed by atoms with Gasteiger partial charge < -0.3 is 14.6 Å². The summed E-state index contributed by atoms with van der Waals surface area (Å²) in [6, 6.07) is 17.1.